The summed E-state index contributed by atoms with van der Waals surface area (Å²) in [6.07, 6.45) is 6.34. The smallest absolute Gasteiger partial charge is 0.237 e. The Labute approximate surface area is 113 Å². The van der Waals surface area contributed by atoms with Crippen molar-refractivity contribution >= 4 is 17.7 Å². The molecule has 0 aromatic heterocycles. The Bertz CT molecular complexity index is 295. The summed E-state index contributed by atoms with van der Waals surface area (Å²) < 4.78 is 5.39. The maximum Gasteiger partial charge on any atom is 0.237 e. The zero-order valence-corrected chi connectivity index (χ0v) is 11.9. The van der Waals surface area contributed by atoms with Gasteiger partial charge in [-0.15, -0.1) is 0 Å². The topological polar surface area (TPSA) is 64.3 Å². The van der Waals surface area contributed by atoms with Crippen LogP contribution in [0.4, 0.5) is 0 Å². The van der Waals surface area contributed by atoms with Crippen LogP contribution in [0.5, 0.6) is 0 Å². The molecular formula is C13H24N2O2S. The molecule has 104 valence electrons. The van der Waals surface area contributed by atoms with Gasteiger partial charge in [0.15, 0.2) is 0 Å². The van der Waals surface area contributed by atoms with Crippen LogP contribution in [0.1, 0.15) is 38.5 Å². The maximum absolute atomic E-state index is 11.7. The SMILES string of the molecule is CNC1(C(N)=O)CCCC(SC2CCOCC2)C1. The highest BCUT2D eigenvalue weighted by Gasteiger charge is 2.40. The van der Waals surface area contributed by atoms with Gasteiger partial charge in [0.25, 0.3) is 0 Å². The number of likely N-dealkylation sites (N-methyl/N-ethyl adjacent to an activating group) is 1. The van der Waals surface area contributed by atoms with Crippen LogP contribution < -0.4 is 11.1 Å². The number of ether oxygens (including phenoxy) is 1. The summed E-state index contributed by atoms with van der Waals surface area (Å²) in [6, 6.07) is 0. The molecule has 2 fully saturated rings. The van der Waals surface area contributed by atoms with Gasteiger partial charge < -0.3 is 15.8 Å². The molecular weight excluding hydrogens is 248 g/mol. The Hall–Kier alpha value is -0.260. The highest BCUT2D eigenvalue weighted by atomic mass is 32.2. The zero-order chi connectivity index (χ0) is 13.0. The summed E-state index contributed by atoms with van der Waals surface area (Å²) >= 11 is 2.05. The highest BCUT2D eigenvalue weighted by Crippen LogP contribution is 2.38. The average molecular weight is 272 g/mol. The van der Waals surface area contributed by atoms with Crippen LogP contribution >= 0.6 is 11.8 Å². The van der Waals surface area contributed by atoms with Crippen LogP contribution in [-0.2, 0) is 9.53 Å². The summed E-state index contributed by atoms with van der Waals surface area (Å²) in [7, 11) is 1.85. The van der Waals surface area contributed by atoms with E-state index < -0.39 is 5.54 Å². The normalized spacial score (nSPS) is 34.4. The number of amides is 1. The van der Waals surface area contributed by atoms with Crippen molar-refractivity contribution < 1.29 is 9.53 Å². The monoisotopic (exact) mass is 272 g/mol. The fourth-order valence-corrected chi connectivity index (χ4v) is 4.69. The molecule has 4 nitrogen and oxygen atoms in total. The van der Waals surface area contributed by atoms with Gasteiger partial charge >= 0.3 is 0 Å². The first-order valence-electron chi connectivity index (χ1n) is 6.88. The molecule has 2 rings (SSSR count). The number of hydrogen-bond donors (Lipinski definition) is 2. The van der Waals surface area contributed by atoms with Crippen LogP contribution in [0.2, 0.25) is 0 Å². The molecule has 0 bridgehead atoms. The molecule has 0 radical (unpaired) electrons. The lowest BCUT2D eigenvalue weighted by atomic mass is 9.81. The summed E-state index contributed by atoms with van der Waals surface area (Å²) in [4.78, 5) is 11.7. The Morgan fingerprint density at radius 1 is 1.33 bits per heavy atom. The standard InChI is InChI=1S/C13H24N2O2S/c1-15-13(12(14)16)6-2-3-11(9-13)18-10-4-7-17-8-5-10/h10-11,15H,2-9H2,1H3,(H2,14,16). The minimum absolute atomic E-state index is 0.192. The van der Waals surface area contributed by atoms with E-state index in [1.165, 1.54) is 6.42 Å². The highest BCUT2D eigenvalue weighted by molar-refractivity contribution is 8.00. The van der Waals surface area contributed by atoms with Gasteiger partial charge in [-0.25, -0.2) is 0 Å². The minimum atomic E-state index is -0.471. The lowest BCUT2D eigenvalue weighted by Gasteiger charge is -2.39. The second-order valence-electron chi connectivity index (χ2n) is 5.36. The van der Waals surface area contributed by atoms with E-state index in [4.69, 9.17) is 10.5 Å². The molecule has 1 aliphatic carbocycles. The van der Waals surface area contributed by atoms with Gasteiger partial charge in [-0.2, -0.15) is 11.8 Å². The van der Waals surface area contributed by atoms with Gasteiger partial charge in [0, 0.05) is 23.7 Å². The zero-order valence-electron chi connectivity index (χ0n) is 11.1. The van der Waals surface area contributed by atoms with Crippen molar-refractivity contribution in [2.24, 2.45) is 5.73 Å². The predicted octanol–water partition coefficient (Wildman–Crippen LogP) is 1.28. The van der Waals surface area contributed by atoms with Crippen LogP contribution in [-0.4, -0.2) is 42.2 Å². The number of hydrogen-bond acceptors (Lipinski definition) is 4. The third kappa shape index (κ3) is 3.19. The van der Waals surface area contributed by atoms with E-state index in [-0.39, 0.29) is 5.91 Å². The summed E-state index contributed by atoms with van der Waals surface area (Å²) in [5, 5.41) is 4.43. The lowest BCUT2D eigenvalue weighted by molar-refractivity contribution is -0.125. The van der Waals surface area contributed by atoms with E-state index in [9.17, 15) is 4.79 Å². The Morgan fingerprint density at radius 2 is 2.06 bits per heavy atom. The van der Waals surface area contributed by atoms with E-state index >= 15 is 0 Å². The quantitative estimate of drug-likeness (QED) is 0.809. The van der Waals surface area contributed by atoms with Crippen molar-refractivity contribution in [3.8, 4) is 0 Å². The number of nitrogens with one attached hydrogen (secondary N) is 1. The van der Waals surface area contributed by atoms with Gasteiger partial charge in [-0.3, -0.25) is 4.79 Å². The fourth-order valence-electron chi connectivity index (χ4n) is 3.00. The number of nitrogens with two attached hydrogens (primary N) is 1. The predicted molar refractivity (Wildman–Crippen MR) is 74.7 cm³/mol. The molecule has 0 aromatic carbocycles. The molecule has 1 aliphatic heterocycles. The molecule has 2 aliphatic rings. The Balaban J connectivity index is 1.91. The molecule has 1 saturated heterocycles. The number of carbonyl (C=O) groups is 1. The largest absolute Gasteiger partial charge is 0.381 e. The third-order valence-corrected chi connectivity index (χ3v) is 5.85. The van der Waals surface area contributed by atoms with E-state index in [1.54, 1.807) is 0 Å². The van der Waals surface area contributed by atoms with Crippen molar-refractivity contribution in [1.29, 1.82) is 0 Å². The number of carbonyl (C=O) groups excluding carboxylic acids is 1. The van der Waals surface area contributed by atoms with Crippen LogP contribution in [0.15, 0.2) is 0 Å². The van der Waals surface area contributed by atoms with Crippen molar-refractivity contribution in [2.75, 3.05) is 20.3 Å². The average Bonchev–Trinajstić information content (AvgIpc) is 2.40. The van der Waals surface area contributed by atoms with Crippen LogP contribution in [0.3, 0.4) is 0 Å². The molecule has 1 heterocycles. The Kier molecular flexibility index (Phi) is 4.92. The maximum atomic E-state index is 11.7. The molecule has 5 heteroatoms. The number of rotatable bonds is 4. The molecule has 2 unspecified atom stereocenters. The van der Waals surface area contributed by atoms with Crippen molar-refractivity contribution in [2.45, 2.75) is 54.6 Å². The Morgan fingerprint density at radius 3 is 2.67 bits per heavy atom. The molecule has 1 amide bonds. The van der Waals surface area contributed by atoms with Crippen molar-refractivity contribution in [3.63, 3.8) is 0 Å². The first-order valence-corrected chi connectivity index (χ1v) is 7.82. The van der Waals surface area contributed by atoms with Crippen LogP contribution in [0.25, 0.3) is 0 Å². The minimum Gasteiger partial charge on any atom is -0.381 e. The van der Waals surface area contributed by atoms with E-state index in [1.807, 2.05) is 18.8 Å². The van der Waals surface area contributed by atoms with Crippen molar-refractivity contribution in [3.05, 3.63) is 0 Å². The molecule has 0 spiro atoms. The van der Waals surface area contributed by atoms with E-state index in [2.05, 4.69) is 5.32 Å². The molecule has 3 N–H and O–H groups in total. The lowest BCUT2D eigenvalue weighted by Crippen LogP contribution is -2.57. The summed E-state index contributed by atoms with van der Waals surface area (Å²) in [5.74, 6) is -0.192. The fraction of sp³-hybridized carbons (Fsp3) is 0.923. The van der Waals surface area contributed by atoms with Gasteiger partial charge in [-0.1, -0.05) is 0 Å². The summed E-state index contributed by atoms with van der Waals surface area (Å²) in [5.41, 5.74) is 5.11. The van der Waals surface area contributed by atoms with Crippen LogP contribution in [0, 0.1) is 0 Å². The number of thioether (sulfide) groups is 1. The molecule has 18 heavy (non-hydrogen) atoms. The first kappa shape index (κ1) is 14.2. The second kappa shape index (κ2) is 6.26. The second-order valence-corrected chi connectivity index (χ2v) is 6.97. The van der Waals surface area contributed by atoms with E-state index in [0.717, 1.165) is 45.3 Å². The van der Waals surface area contributed by atoms with Gasteiger partial charge in [0.1, 0.15) is 0 Å². The first-order chi connectivity index (χ1) is 8.66. The van der Waals surface area contributed by atoms with Crippen molar-refractivity contribution in [1.82, 2.24) is 5.32 Å². The van der Waals surface area contributed by atoms with E-state index in [0.29, 0.717) is 10.5 Å². The molecule has 2 atom stereocenters. The summed E-state index contributed by atoms with van der Waals surface area (Å²) in [6.45, 7) is 1.77. The third-order valence-electron chi connectivity index (χ3n) is 4.21. The van der Waals surface area contributed by atoms with Gasteiger partial charge in [0.2, 0.25) is 5.91 Å². The van der Waals surface area contributed by atoms with Gasteiger partial charge in [-0.05, 0) is 45.6 Å². The number of primary amides is 1. The molecule has 1 saturated carbocycles. The molecule has 0 aromatic rings. The van der Waals surface area contributed by atoms with Gasteiger partial charge in [0.05, 0.1) is 5.54 Å².